The van der Waals surface area contributed by atoms with Crippen molar-refractivity contribution in [2.45, 2.75) is 26.7 Å². The average molecular weight is 283 g/mol. The molecule has 1 rings (SSSR count). The summed E-state index contributed by atoms with van der Waals surface area (Å²) in [6, 6.07) is 7.07. The molecule has 4 nitrogen and oxygen atoms in total. The van der Waals surface area contributed by atoms with Crippen LogP contribution in [0.2, 0.25) is 5.02 Å². The maximum Gasteiger partial charge on any atom is 0.226 e. The van der Waals surface area contributed by atoms with Crippen LogP contribution in [-0.2, 0) is 9.59 Å². The molecule has 0 aromatic heterocycles. The fourth-order valence-electron chi connectivity index (χ4n) is 1.71. The van der Waals surface area contributed by atoms with Gasteiger partial charge in [0.05, 0.1) is 10.7 Å². The second-order valence-corrected chi connectivity index (χ2v) is 4.69. The molecule has 0 spiro atoms. The van der Waals surface area contributed by atoms with Crippen molar-refractivity contribution >= 4 is 29.1 Å². The number of nitrogens with zero attached hydrogens (tertiary/aromatic N) is 1. The number of hydrogen-bond donors (Lipinski definition) is 1. The zero-order valence-corrected chi connectivity index (χ0v) is 12.0. The van der Waals surface area contributed by atoms with Crippen molar-refractivity contribution in [3.05, 3.63) is 29.3 Å². The predicted molar refractivity (Wildman–Crippen MR) is 77.2 cm³/mol. The van der Waals surface area contributed by atoms with Gasteiger partial charge in [-0.05, 0) is 18.6 Å². The molecule has 0 heterocycles. The van der Waals surface area contributed by atoms with Gasteiger partial charge in [-0.2, -0.15) is 0 Å². The molecule has 0 radical (unpaired) electrons. The molecule has 1 N–H and O–H groups in total. The molecule has 0 aliphatic heterocycles. The summed E-state index contributed by atoms with van der Waals surface area (Å²) >= 11 is 5.95. The van der Waals surface area contributed by atoms with Crippen molar-refractivity contribution in [2.75, 3.05) is 18.4 Å². The minimum Gasteiger partial charge on any atom is -0.342 e. The predicted octanol–water partition coefficient (Wildman–Crippen LogP) is 2.93. The summed E-state index contributed by atoms with van der Waals surface area (Å²) in [7, 11) is 0. The van der Waals surface area contributed by atoms with Gasteiger partial charge in [0.1, 0.15) is 0 Å². The van der Waals surface area contributed by atoms with Crippen LogP contribution >= 0.6 is 11.6 Å². The first-order valence-corrected chi connectivity index (χ1v) is 6.72. The first kappa shape index (κ1) is 15.5. The van der Waals surface area contributed by atoms with Crippen LogP contribution < -0.4 is 5.32 Å². The largest absolute Gasteiger partial charge is 0.342 e. The number of benzene rings is 1. The first-order chi connectivity index (χ1) is 9.04. The Kier molecular flexibility index (Phi) is 6.36. The number of carbonyl (C=O) groups excluding carboxylic acids is 2. The highest BCUT2D eigenvalue weighted by Crippen LogP contribution is 2.20. The molecule has 104 valence electrons. The molecule has 5 heteroatoms. The monoisotopic (exact) mass is 282 g/mol. The number of anilines is 1. The Hall–Kier alpha value is -1.55. The van der Waals surface area contributed by atoms with Crippen LogP contribution in [-0.4, -0.2) is 29.8 Å². The summed E-state index contributed by atoms with van der Waals surface area (Å²) in [5, 5.41) is 3.24. The van der Waals surface area contributed by atoms with Crippen LogP contribution in [0, 0.1) is 0 Å². The van der Waals surface area contributed by atoms with E-state index in [0.29, 0.717) is 23.8 Å². The fourth-order valence-corrected chi connectivity index (χ4v) is 1.89. The van der Waals surface area contributed by atoms with Gasteiger partial charge in [-0.3, -0.25) is 9.59 Å². The Labute approximate surface area is 118 Å². The summed E-state index contributed by atoms with van der Waals surface area (Å²) in [5.74, 6) is -0.150. The van der Waals surface area contributed by atoms with Gasteiger partial charge in [0.2, 0.25) is 11.8 Å². The highest BCUT2D eigenvalue weighted by molar-refractivity contribution is 6.33. The number of rotatable bonds is 6. The lowest BCUT2D eigenvalue weighted by molar-refractivity contribution is -0.129. The van der Waals surface area contributed by atoms with E-state index in [4.69, 9.17) is 11.6 Å². The Morgan fingerprint density at radius 3 is 2.53 bits per heavy atom. The third-order valence-corrected chi connectivity index (χ3v) is 3.03. The number of amides is 2. The second kappa shape index (κ2) is 7.79. The van der Waals surface area contributed by atoms with Crippen molar-refractivity contribution in [1.82, 2.24) is 4.90 Å². The van der Waals surface area contributed by atoms with Gasteiger partial charge in [-0.25, -0.2) is 0 Å². The SMILES string of the molecule is CCCN(CCC(=O)Nc1ccccc1Cl)C(C)=O. The third kappa shape index (κ3) is 5.30. The normalized spacial score (nSPS) is 10.1. The molecule has 0 saturated heterocycles. The summed E-state index contributed by atoms with van der Waals surface area (Å²) in [6.45, 7) is 4.62. The van der Waals surface area contributed by atoms with Crippen molar-refractivity contribution < 1.29 is 9.59 Å². The fraction of sp³-hybridized carbons (Fsp3) is 0.429. The molecular weight excluding hydrogens is 264 g/mol. The maximum atomic E-state index is 11.8. The molecule has 19 heavy (non-hydrogen) atoms. The Balaban J connectivity index is 2.47. The lowest BCUT2D eigenvalue weighted by Crippen LogP contribution is -2.32. The molecule has 0 unspecified atom stereocenters. The van der Waals surface area contributed by atoms with Crippen LogP contribution in [0.4, 0.5) is 5.69 Å². The van der Waals surface area contributed by atoms with Gasteiger partial charge in [-0.1, -0.05) is 30.7 Å². The van der Waals surface area contributed by atoms with Crippen molar-refractivity contribution in [1.29, 1.82) is 0 Å². The van der Waals surface area contributed by atoms with E-state index in [0.717, 1.165) is 6.42 Å². The van der Waals surface area contributed by atoms with E-state index in [2.05, 4.69) is 5.32 Å². The number of carbonyl (C=O) groups is 2. The van der Waals surface area contributed by atoms with Crippen molar-refractivity contribution in [3.8, 4) is 0 Å². The third-order valence-electron chi connectivity index (χ3n) is 2.70. The molecule has 0 saturated carbocycles. The van der Waals surface area contributed by atoms with E-state index in [1.807, 2.05) is 6.92 Å². The van der Waals surface area contributed by atoms with Gasteiger partial charge in [0.15, 0.2) is 0 Å². The van der Waals surface area contributed by atoms with Crippen LogP contribution in [0.1, 0.15) is 26.7 Å². The van der Waals surface area contributed by atoms with Crippen LogP contribution in [0.5, 0.6) is 0 Å². The number of para-hydroxylation sites is 1. The lowest BCUT2D eigenvalue weighted by Gasteiger charge is -2.19. The molecule has 0 aliphatic carbocycles. The standard InChI is InChI=1S/C14H19ClN2O2/c1-3-9-17(11(2)18)10-8-14(19)16-13-7-5-4-6-12(13)15/h4-7H,3,8-10H2,1-2H3,(H,16,19). The van der Waals surface area contributed by atoms with Gasteiger partial charge < -0.3 is 10.2 Å². The van der Waals surface area contributed by atoms with Gasteiger partial charge in [-0.15, -0.1) is 0 Å². The lowest BCUT2D eigenvalue weighted by atomic mass is 10.3. The molecule has 0 atom stereocenters. The smallest absolute Gasteiger partial charge is 0.226 e. The van der Waals surface area contributed by atoms with Crippen molar-refractivity contribution in [2.24, 2.45) is 0 Å². The van der Waals surface area contributed by atoms with E-state index in [1.165, 1.54) is 6.92 Å². The van der Waals surface area contributed by atoms with Crippen molar-refractivity contribution in [3.63, 3.8) is 0 Å². The number of nitrogens with one attached hydrogen (secondary N) is 1. The first-order valence-electron chi connectivity index (χ1n) is 6.34. The molecule has 0 bridgehead atoms. The van der Waals surface area contributed by atoms with E-state index in [1.54, 1.807) is 29.2 Å². The molecule has 2 amide bonds. The zero-order valence-electron chi connectivity index (χ0n) is 11.3. The number of hydrogen-bond acceptors (Lipinski definition) is 2. The Morgan fingerprint density at radius 2 is 1.95 bits per heavy atom. The minimum atomic E-state index is -0.143. The molecule has 1 aromatic rings. The van der Waals surface area contributed by atoms with Crippen LogP contribution in [0.3, 0.4) is 0 Å². The summed E-state index contributed by atoms with van der Waals surface area (Å²) in [5.41, 5.74) is 0.596. The Bertz CT molecular complexity index is 449. The summed E-state index contributed by atoms with van der Waals surface area (Å²) in [4.78, 5) is 24.8. The molecule has 0 fully saturated rings. The molecule has 0 aliphatic rings. The van der Waals surface area contributed by atoms with Crippen LogP contribution in [0.15, 0.2) is 24.3 Å². The van der Waals surface area contributed by atoms with E-state index >= 15 is 0 Å². The topological polar surface area (TPSA) is 49.4 Å². The second-order valence-electron chi connectivity index (χ2n) is 4.28. The summed E-state index contributed by atoms with van der Waals surface area (Å²) < 4.78 is 0. The van der Waals surface area contributed by atoms with Gasteiger partial charge >= 0.3 is 0 Å². The van der Waals surface area contributed by atoms with Gasteiger partial charge in [0, 0.05) is 26.4 Å². The average Bonchev–Trinajstić information content (AvgIpc) is 2.37. The van der Waals surface area contributed by atoms with E-state index < -0.39 is 0 Å². The quantitative estimate of drug-likeness (QED) is 0.872. The van der Waals surface area contributed by atoms with Crippen LogP contribution in [0.25, 0.3) is 0 Å². The Morgan fingerprint density at radius 1 is 1.26 bits per heavy atom. The highest BCUT2D eigenvalue weighted by Gasteiger charge is 2.11. The molecular formula is C14H19ClN2O2. The van der Waals surface area contributed by atoms with E-state index in [9.17, 15) is 9.59 Å². The highest BCUT2D eigenvalue weighted by atomic mass is 35.5. The molecule has 1 aromatic carbocycles. The number of halogens is 1. The van der Waals surface area contributed by atoms with E-state index in [-0.39, 0.29) is 18.2 Å². The maximum absolute atomic E-state index is 11.8. The summed E-state index contributed by atoms with van der Waals surface area (Å²) in [6.07, 6.45) is 1.15. The minimum absolute atomic E-state index is 0.00704. The van der Waals surface area contributed by atoms with Gasteiger partial charge in [0.25, 0.3) is 0 Å². The zero-order chi connectivity index (χ0) is 14.3.